The van der Waals surface area contributed by atoms with Gasteiger partial charge in [0.05, 0.1) is 12.7 Å². The van der Waals surface area contributed by atoms with Crippen molar-refractivity contribution < 1.29 is 14.3 Å². The van der Waals surface area contributed by atoms with E-state index in [1.54, 1.807) is 6.92 Å². The van der Waals surface area contributed by atoms with Gasteiger partial charge in [0.1, 0.15) is 15.6 Å². The predicted molar refractivity (Wildman–Crippen MR) is 81.7 cm³/mol. The molecule has 0 unspecified atom stereocenters. The third-order valence-electron chi connectivity index (χ3n) is 2.96. The normalized spacial score (nSPS) is 14.4. The highest BCUT2D eigenvalue weighted by atomic mass is 32.1. The molecular formula is C14H22N2O3S. The minimum Gasteiger partial charge on any atom is -0.486 e. The van der Waals surface area contributed by atoms with Crippen LogP contribution in [0.15, 0.2) is 0 Å². The molecule has 0 amide bonds. The number of nitrogen functional groups attached to an aromatic ring is 1. The molecule has 20 heavy (non-hydrogen) atoms. The van der Waals surface area contributed by atoms with Gasteiger partial charge < -0.3 is 20.5 Å². The number of carbonyl (C=O) groups excluding carboxylic acids is 1. The lowest BCUT2D eigenvalue weighted by atomic mass is 10.3. The Hall–Kier alpha value is -1.43. The third-order valence-corrected chi connectivity index (χ3v) is 4.09. The maximum atomic E-state index is 11.9. The van der Waals surface area contributed by atoms with E-state index in [1.807, 2.05) is 13.8 Å². The first-order valence-corrected chi connectivity index (χ1v) is 7.84. The Balaban J connectivity index is 2.21. The molecule has 1 aliphatic carbocycles. The van der Waals surface area contributed by atoms with Crippen LogP contribution < -0.4 is 15.8 Å². The summed E-state index contributed by atoms with van der Waals surface area (Å²) < 4.78 is 10.8. The number of carbonyl (C=O) groups is 1. The van der Waals surface area contributed by atoms with E-state index in [0.717, 1.165) is 17.5 Å². The van der Waals surface area contributed by atoms with Crippen molar-refractivity contribution in [2.45, 2.75) is 39.7 Å². The van der Waals surface area contributed by atoms with E-state index in [2.05, 4.69) is 5.32 Å². The van der Waals surface area contributed by atoms with Crippen molar-refractivity contribution in [2.24, 2.45) is 5.92 Å². The molecule has 1 fully saturated rings. The fraction of sp³-hybridized carbons (Fsp3) is 0.643. The lowest BCUT2D eigenvalue weighted by Crippen LogP contribution is -2.10. The first-order valence-electron chi connectivity index (χ1n) is 7.02. The highest BCUT2D eigenvalue weighted by Crippen LogP contribution is 2.44. The lowest BCUT2D eigenvalue weighted by molar-refractivity contribution is 0.0533. The van der Waals surface area contributed by atoms with Crippen molar-refractivity contribution in [3.05, 3.63) is 4.88 Å². The van der Waals surface area contributed by atoms with Crippen molar-refractivity contribution >= 4 is 28.0 Å². The first kappa shape index (κ1) is 15.0. The minimum absolute atomic E-state index is 0.00317. The molecule has 2 rings (SSSR count). The molecule has 0 bridgehead atoms. The van der Waals surface area contributed by atoms with Gasteiger partial charge in [0.25, 0.3) is 0 Å². The molecule has 0 spiro atoms. The molecule has 0 aromatic carbocycles. The summed E-state index contributed by atoms with van der Waals surface area (Å²) in [5.41, 5.74) is 6.43. The summed E-state index contributed by atoms with van der Waals surface area (Å²) >= 11 is 1.31. The van der Waals surface area contributed by atoms with E-state index in [1.165, 1.54) is 24.2 Å². The molecule has 0 saturated heterocycles. The zero-order valence-corrected chi connectivity index (χ0v) is 13.0. The molecule has 1 aromatic rings. The monoisotopic (exact) mass is 298 g/mol. The van der Waals surface area contributed by atoms with Crippen LogP contribution in [-0.4, -0.2) is 25.2 Å². The van der Waals surface area contributed by atoms with E-state index < -0.39 is 0 Å². The van der Waals surface area contributed by atoms with Gasteiger partial charge in [-0.05, 0) is 39.5 Å². The van der Waals surface area contributed by atoms with E-state index in [4.69, 9.17) is 15.2 Å². The Morgan fingerprint density at radius 3 is 2.75 bits per heavy atom. The average Bonchev–Trinajstić information content (AvgIpc) is 3.15. The number of anilines is 2. The average molecular weight is 298 g/mol. The van der Waals surface area contributed by atoms with Gasteiger partial charge in [-0.1, -0.05) is 0 Å². The number of hydrogen-bond acceptors (Lipinski definition) is 6. The van der Waals surface area contributed by atoms with Crippen LogP contribution in [0.5, 0.6) is 5.75 Å². The number of hydrogen-bond donors (Lipinski definition) is 2. The molecule has 1 heterocycles. The molecule has 0 atom stereocenters. The number of ether oxygens (including phenoxy) is 2. The number of thiophene rings is 1. The second kappa shape index (κ2) is 6.35. The largest absolute Gasteiger partial charge is 0.486 e. The van der Waals surface area contributed by atoms with Gasteiger partial charge in [-0.25, -0.2) is 4.79 Å². The Kier molecular flexibility index (Phi) is 4.75. The Labute approximate surface area is 123 Å². The number of rotatable bonds is 7. The topological polar surface area (TPSA) is 73.6 Å². The summed E-state index contributed by atoms with van der Waals surface area (Å²) in [4.78, 5) is 12.3. The van der Waals surface area contributed by atoms with Crippen LogP contribution in [0.1, 0.15) is 43.3 Å². The quantitative estimate of drug-likeness (QED) is 0.757. The molecule has 0 aliphatic heterocycles. The van der Waals surface area contributed by atoms with Crippen molar-refractivity contribution in [3.8, 4) is 5.75 Å². The molecule has 1 aromatic heterocycles. The van der Waals surface area contributed by atoms with Gasteiger partial charge in [-0.15, -0.1) is 11.3 Å². The van der Waals surface area contributed by atoms with Gasteiger partial charge >= 0.3 is 5.97 Å². The number of nitrogens with two attached hydrogens (primary N) is 1. The predicted octanol–water partition coefficient (Wildman–Crippen LogP) is 3.12. The lowest BCUT2D eigenvalue weighted by Gasteiger charge is -2.12. The molecule has 112 valence electrons. The second-order valence-corrected chi connectivity index (χ2v) is 6.24. The summed E-state index contributed by atoms with van der Waals surface area (Å²) in [5, 5.41) is 4.17. The van der Waals surface area contributed by atoms with Crippen LogP contribution in [0.4, 0.5) is 10.7 Å². The third kappa shape index (κ3) is 3.56. The first-order chi connectivity index (χ1) is 9.52. The standard InChI is InChI=1S/C14H22N2O3S/c1-4-18-14(17)12-10(15)11(19-8(2)3)13(20-12)16-7-9-5-6-9/h8-9,16H,4-7,15H2,1-3H3. The van der Waals surface area contributed by atoms with Crippen LogP contribution in [0.3, 0.4) is 0 Å². The fourth-order valence-electron chi connectivity index (χ4n) is 1.81. The van der Waals surface area contributed by atoms with Gasteiger partial charge in [0.2, 0.25) is 0 Å². The van der Waals surface area contributed by atoms with Crippen molar-refractivity contribution in [1.29, 1.82) is 0 Å². The minimum atomic E-state index is -0.386. The summed E-state index contributed by atoms with van der Waals surface area (Å²) in [6.07, 6.45) is 2.53. The van der Waals surface area contributed by atoms with E-state index in [0.29, 0.717) is 22.9 Å². The number of esters is 1. The van der Waals surface area contributed by atoms with Gasteiger partial charge in [-0.2, -0.15) is 0 Å². The smallest absolute Gasteiger partial charge is 0.350 e. The zero-order valence-electron chi connectivity index (χ0n) is 12.2. The molecule has 1 aliphatic rings. The molecule has 1 saturated carbocycles. The second-order valence-electron chi connectivity index (χ2n) is 5.21. The highest BCUT2D eigenvalue weighted by Gasteiger charge is 2.26. The van der Waals surface area contributed by atoms with Crippen LogP contribution in [0.25, 0.3) is 0 Å². The van der Waals surface area contributed by atoms with Crippen LogP contribution in [-0.2, 0) is 4.74 Å². The Morgan fingerprint density at radius 1 is 1.50 bits per heavy atom. The highest BCUT2D eigenvalue weighted by molar-refractivity contribution is 7.19. The molecule has 0 radical (unpaired) electrons. The SMILES string of the molecule is CCOC(=O)c1sc(NCC2CC2)c(OC(C)C)c1N. The molecular weight excluding hydrogens is 276 g/mol. The molecule has 5 nitrogen and oxygen atoms in total. The van der Waals surface area contributed by atoms with E-state index in [-0.39, 0.29) is 12.1 Å². The van der Waals surface area contributed by atoms with Crippen LogP contribution in [0.2, 0.25) is 0 Å². The van der Waals surface area contributed by atoms with Gasteiger partial charge in [0.15, 0.2) is 5.75 Å². The Bertz CT molecular complexity index is 481. The van der Waals surface area contributed by atoms with Crippen LogP contribution >= 0.6 is 11.3 Å². The number of nitrogens with one attached hydrogen (secondary N) is 1. The fourth-order valence-corrected chi connectivity index (χ4v) is 2.76. The summed E-state index contributed by atoms with van der Waals surface area (Å²) in [7, 11) is 0. The van der Waals surface area contributed by atoms with E-state index >= 15 is 0 Å². The Morgan fingerprint density at radius 2 is 2.20 bits per heavy atom. The van der Waals surface area contributed by atoms with Crippen LogP contribution in [0, 0.1) is 5.92 Å². The van der Waals surface area contributed by atoms with E-state index in [9.17, 15) is 4.79 Å². The van der Waals surface area contributed by atoms with Crippen molar-refractivity contribution in [2.75, 3.05) is 24.2 Å². The maximum Gasteiger partial charge on any atom is 0.350 e. The zero-order chi connectivity index (χ0) is 14.7. The molecule has 6 heteroatoms. The van der Waals surface area contributed by atoms with Crippen molar-refractivity contribution in [3.63, 3.8) is 0 Å². The van der Waals surface area contributed by atoms with Crippen molar-refractivity contribution in [1.82, 2.24) is 0 Å². The summed E-state index contributed by atoms with van der Waals surface area (Å²) in [6, 6.07) is 0. The maximum absolute atomic E-state index is 11.9. The summed E-state index contributed by atoms with van der Waals surface area (Å²) in [5.74, 6) is 0.924. The van der Waals surface area contributed by atoms with Gasteiger partial charge in [-0.3, -0.25) is 0 Å². The summed E-state index contributed by atoms with van der Waals surface area (Å²) in [6.45, 7) is 6.88. The van der Waals surface area contributed by atoms with Gasteiger partial charge in [0, 0.05) is 6.54 Å². The molecule has 3 N–H and O–H groups in total.